The molecule has 0 bridgehead atoms. The molecule has 3 amide bonds. The number of para-hydroxylation sites is 1. The first-order valence-electron chi connectivity index (χ1n) is 17.9. The summed E-state index contributed by atoms with van der Waals surface area (Å²) in [4.78, 5) is 60.1. The second-order valence-corrected chi connectivity index (χ2v) is 15.6. The molecule has 0 radical (unpaired) electrons. The molecule has 4 aromatic rings. The summed E-state index contributed by atoms with van der Waals surface area (Å²) in [5.41, 5.74) is 8.54. The Kier molecular flexibility index (Phi) is 8.34. The molecular weight excluding hydrogens is 647 g/mol. The third-order valence-electron chi connectivity index (χ3n) is 11.2. The van der Waals surface area contributed by atoms with E-state index in [2.05, 4.69) is 65.6 Å². The Labute approximate surface area is 296 Å². The van der Waals surface area contributed by atoms with Crippen LogP contribution in [-0.4, -0.2) is 70.9 Å². The Morgan fingerprint density at radius 3 is 2.54 bits per heavy atom. The molecule has 3 N–H and O–H groups in total. The molecule has 10 heteroatoms. The van der Waals surface area contributed by atoms with Crippen LogP contribution in [-0.2, 0) is 28.0 Å². The van der Waals surface area contributed by atoms with Gasteiger partial charge in [0.25, 0.3) is 5.91 Å². The molecule has 9 nitrogen and oxygen atoms in total. The Balaban J connectivity index is 0.895. The molecule has 1 aliphatic carbocycles. The maximum Gasteiger partial charge on any atom is 0.255 e. The number of nitrogens with one attached hydrogen (secondary N) is 3. The lowest BCUT2D eigenvalue weighted by Gasteiger charge is -2.38. The van der Waals surface area contributed by atoms with Gasteiger partial charge in [-0.2, -0.15) is 0 Å². The Bertz CT molecular complexity index is 2060. The molecule has 0 saturated carbocycles. The van der Waals surface area contributed by atoms with E-state index < -0.39 is 6.04 Å². The molecular formula is C40H43N5O4S. The zero-order valence-electron chi connectivity index (χ0n) is 28.9. The number of aryl methyl sites for hydroxylation is 1. The number of carbonyl (C=O) groups is 4. The molecule has 1 unspecified atom stereocenters. The van der Waals surface area contributed by atoms with Gasteiger partial charge in [-0.15, -0.1) is 11.8 Å². The van der Waals surface area contributed by atoms with E-state index in [0.717, 1.165) is 88.4 Å². The van der Waals surface area contributed by atoms with Crippen molar-refractivity contribution in [2.75, 3.05) is 30.3 Å². The highest BCUT2D eigenvalue weighted by Gasteiger charge is 2.41. The predicted octanol–water partition coefficient (Wildman–Crippen LogP) is 5.71. The zero-order chi connectivity index (χ0) is 34.7. The smallest absolute Gasteiger partial charge is 0.255 e. The first-order valence-corrected chi connectivity index (χ1v) is 18.8. The average molecular weight is 690 g/mol. The van der Waals surface area contributed by atoms with Crippen molar-refractivity contribution in [3.63, 3.8) is 0 Å². The minimum atomic E-state index is -0.603. The fraction of sp³-hybridized carbons (Fsp3) is 0.400. The summed E-state index contributed by atoms with van der Waals surface area (Å²) in [6.45, 7) is 9.79. The van der Waals surface area contributed by atoms with Gasteiger partial charge in [0, 0.05) is 88.1 Å². The minimum absolute atomic E-state index is 0.118. The molecule has 4 aliphatic rings. The van der Waals surface area contributed by atoms with Crippen LogP contribution in [0.2, 0.25) is 0 Å². The van der Waals surface area contributed by atoms with Gasteiger partial charge in [-0.05, 0) is 72.7 Å². The normalized spacial score (nSPS) is 20.3. The van der Waals surface area contributed by atoms with E-state index in [1.165, 1.54) is 11.3 Å². The van der Waals surface area contributed by atoms with E-state index in [-0.39, 0.29) is 35.3 Å². The summed E-state index contributed by atoms with van der Waals surface area (Å²) in [6, 6.07) is 18.2. The van der Waals surface area contributed by atoms with Crippen molar-refractivity contribution in [1.29, 1.82) is 0 Å². The number of hydrogen-bond donors (Lipinski definition) is 3. The lowest BCUT2D eigenvalue weighted by atomic mass is 9.70. The van der Waals surface area contributed by atoms with Gasteiger partial charge in [0.05, 0.1) is 5.56 Å². The molecule has 2 fully saturated rings. The number of amides is 3. The van der Waals surface area contributed by atoms with Crippen LogP contribution in [0.25, 0.3) is 10.9 Å². The molecule has 2 saturated heterocycles. The highest BCUT2D eigenvalue weighted by Crippen LogP contribution is 2.46. The summed E-state index contributed by atoms with van der Waals surface area (Å²) in [5, 5.41) is 7.16. The van der Waals surface area contributed by atoms with Gasteiger partial charge in [0.15, 0.2) is 5.78 Å². The summed E-state index contributed by atoms with van der Waals surface area (Å²) in [7, 11) is 0. The topological polar surface area (TPSA) is 115 Å². The highest BCUT2D eigenvalue weighted by molar-refractivity contribution is 7.99. The van der Waals surface area contributed by atoms with Crippen molar-refractivity contribution in [3.05, 3.63) is 93.7 Å². The van der Waals surface area contributed by atoms with E-state index in [4.69, 9.17) is 0 Å². The van der Waals surface area contributed by atoms with Crippen molar-refractivity contribution in [2.24, 2.45) is 0 Å². The summed E-state index contributed by atoms with van der Waals surface area (Å²) in [6.07, 6.45) is 3.56. The monoisotopic (exact) mass is 689 g/mol. The maximum absolute atomic E-state index is 14.0. The van der Waals surface area contributed by atoms with Gasteiger partial charge in [-0.1, -0.05) is 45.0 Å². The number of fused-ring (bicyclic) bond motifs is 5. The minimum Gasteiger partial charge on any atom is -0.371 e. The number of nitrogens with zero attached hydrogens (tertiary/aromatic N) is 2. The number of ketones is 1. The number of carbonyl (C=O) groups excluding carboxylic acids is 4. The number of piperidine rings is 2. The molecule has 258 valence electrons. The molecule has 50 heavy (non-hydrogen) atoms. The van der Waals surface area contributed by atoms with Gasteiger partial charge in [0.2, 0.25) is 11.8 Å². The van der Waals surface area contributed by atoms with Crippen LogP contribution in [0.1, 0.15) is 95.1 Å². The highest BCUT2D eigenvalue weighted by atomic mass is 32.2. The summed E-state index contributed by atoms with van der Waals surface area (Å²) >= 11 is 1.74. The van der Waals surface area contributed by atoms with Gasteiger partial charge < -0.3 is 20.1 Å². The Morgan fingerprint density at radius 2 is 1.76 bits per heavy atom. The van der Waals surface area contributed by atoms with Gasteiger partial charge in [-0.25, -0.2) is 0 Å². The van der Waals surface area contributed by atoms with Crippen molar-refractivity contribution in [3.8, 4) is 0 Å². The first-order chi connectivity index (χ1) is 24.2. The van der Waals surface area contributed by atoms with Crippen LogP contribution < -0.4 is 15.5 Å². The molecule has 1 atom stereocenters. The van der Waals surface area contributed by atoms with E-state index >= 15 is 0 Å². The average Bonchev–Trinajstić information content (AvgIpc) is 3.68. The summed E-state index contributed by atoms with van der Waals surface area (Å²) in [5.74, 6) is 0.192. The molecule has 1 aromatic heterocycles. The van der Waals surface area contributed by atoms with Crippen LogP contribution in [0.4, 0.5) is 5.69 Å². The quantitative estimate of drug-likeness (QED) is 0.123. The van der Waals surface area contributed by atoms with Gasteiger partial charge in [0.1, 0.15) is 6.04 Å². The third-order valence-corrected chi connectivity index (χ3v) is 12.3. The molecule has 0 spiro atoms. The van der Waals surface area contributed by atoms with Crippen LogP contribution in [0, 0.1) is 0 Å². The zero-order valence-corrected chi connectivity index (χ0v) is 29.7. The fourth-order valence-electron chi connectivity index (χ4n) is 8.47. The number of thioether (sulfide) groups is 1. The number of aromatic nitrogens is 1. The number of hydrogen-bond acceptors (Lipinski definition) is 7. The van der Waals surface area contributed by atoms with Gasteiger partial charge >= 0.3 is 0 Å². The van der Waals surface area contributed by atoms with E-state index in [0.29, 0.717) is 24.6 Å². The number of H-pyrrole nitrogens is 1. The molecule has 8 rings (SSSR count). The molecule has 4 heterocycles. The fourth-order valence-corrected chi connectivity index (χ4v) is 9.44. The number of aromatic amines is 1. The molecule has 3 aromatic carbocycles. The lowest BCUT2D eigenvalue weighted by Crippen LogP contribution is -2.52. The van der Waals surface area contributed by atoms with Crippen molar-refractivity contribution < 1.29 is 19.2 Å². The lowest BCUT2D eigenvalue weighted by molar-refractivity contribution is -0.136. The third kappa shape index (κ3) is 5.44. The van der Waals surface area contributed by atoms with Crippen molar-refractivity contribution in [1.82, 2.24) is 20.5 Å². The van der Waals surface area contributed by atoms with E-state index in [9.17, 15) is 19.2 Å². The molecule has 3 aliphatic heterocycles. The van der Waals surface area contributed by atoms with Crippen molar-refractivity contribution >= 4 is 51.9 Å². The van der Waals surface area contributed by atoms with Crippen LogP contribution in [0.3, 0.4) is 0 Å². The Morgan fingerprint density at radius 1 is 0.960 bits per heavy atom. The maximum atomic E-state index is 14.0. The van der Waals surface area contributed by atoms with Crippen LogP contribution >= 0.6 is 11.8 Å². The van der Waals surface area contributed by atoms with Crippen LogP contribution in [0.5, 0.6) is 0 Å². The van der Waals surface area contributed by atoms with Crippen LogP contribution in [0.15, 0.2) is 59.5 Å². The van der Waals surface area contributed by atoms with E-state index in [1.807, 2.05) is 30.3 Å². The standard InChI is InChI=1S/C40H43N5O4S/c1-4-23-20-27-29(40(2,3)37-35(36(27)47)26-8-5-6-10-30(26)42-37)21-32(23)44-17-14-24(15-18-44)41-16-19-50-33-11-7-9-25-28(33)22-45(39(25)49)31-12-13-34(46)43-38(31)48/h5-11,20-21,24,31,41-42H,4,12-19,22H2,1-3H3,(H,43,46,48). The predicted molar refractivity (Wildman–Crippen MR) is 196 cm³/mol. The van der Waals surface area contributed by atoms with Crippen molar-refractivity contribution in [2.45, 2.75) is 81.8 Å². The second-order valence-electron chi connectivity index (χ2n) is 14.5. The number of anilines is 1. The second kappa shape index (κ2) is 12.7. The Hall–Kier alpha value is -4.41. The largest absolute Gasteiger partial charge is 0.371 e. The van der Waals surface area contributed by atoms with E-state index in [1.54, 1.807) is 16.7 Å². The number of benzene rings is 3. The number of rotatable bonds is 8. The van der Waals surface area contributed by atoms with Gasteiger partial charge in [-0.3, -0.25) is 24.5 Å². The first kappa shape index (κ1) is 32.8. The number of imide groups is 1. The SMILES string of the molecule is CCc1cc2c(cc1N1CCC(NCCSc3cccc4c3CN(C3CCC(=O)NC3=O)C4=O)CC1)C(C)(C)c1[nH]c3ccccc3c1C2=O. The summed E-state index contributed by atoms with van der Waals surface area (Å²) < 4.78 is 0.